The molecular weight excluding hydrogens is 275 g/mol. The number of hydrogen-bond acceptors (Lipinski definition) is 4. The number of carbonyl (C=O) groups is 1. The standard InChI is InChI=1S/C15H15FN2O3/c16-10-7-5-9(6-8-10)13-17-14(21-18-13)11-3-1-2-4-12(11)15(19)20/h5-8,11-12H,1-4H2,(H,19,20). The van der Waals surface area contributed by atoms with Gasteiger partial charge in [0, 0.05) is 5.56 Å². The summed E-state index contributed by atoms with van der Waals surface area (Å²) in [4.78, 5) is 15.6. The molecule has 21 heavy (non-hydrogen) atoms. The number of aromatic nitrogens is 2. The average molecular weight is 290 g/mol. The third-order valence-corrected chi connectivity index (χ3v) is 3.94. The van der Waals surface area contributed by atoms with E-state index >= 15 is 0 Å². The Bertz CT molecular complexity index is 639. The lowest BCUT2D eigenvalue weighted by Gasteiger charge is -2.25. The Hall–Kier alpha value is -2.24. The van der Waals surface area contributed by atoms with Crippen molar-refractivity contribution >= 4 is 5.97 Å². The highest BCUT2D eigenvalue weighted by molar-refractivity contribution is 5.71. The van der Waals surface area contributed by atoms with Gasteiger partial charge in [0.2, 0.25) is 11.7 Å². The Balaban J connectivity index is 1.86. The van der Waals surface area contributed by atoms with E-state index in [9.17, 15) is 14.3 Å². The first-order chi connectivity index (χ1) is 10.1. The zero-order chi connectivity index (χ0) is 14.8. The number of benzene rings is 1. The van der Waals surface area contributed by atoms with E-state index in [4.69, 9.17) is 4.52 Å². The van der Waals surface area contributed by atoms with Gasteiger partial charge in [0.05, 0.1) is 11.8 Å². The molecule has 0 bridgehead atoms. The van der Waals surface area contributed by atoms with Gasteiger partial charge in [-0.3, -0.25) is 4.79 Å². The first kappa shape index (κ1) is 13.7. The van der Waals surface area contributed by atoms with Gasteiger partial charge < -0.3 is 9.63 Å². The fourth-order valence-corrected chi connectivity index (χ4v) is 2.82. The Morgan fingerprint density at radius 3 is 2.67 bits per heavy atom. The maximum Gasteiger partial charge on any atom is 0.307 e. The Morgan fingerprint density at radius 2 is 1.95 bits per heavy atom. The molecule has 1 aliphatic rings. The van der Waals surface area contributed by atoms with Gasteiger partial charge in [0.25, 0.3) is 0 Å². The van der Waals surface area contributed by atoms with Crippen molar-refractivity contribution in [3.05, 3.63) is 36.0 Å². The SMILES string of the molecule is O=C(O)C1CCCCC1c1nc(-c2ccc(F)cc2)no1. The third kappa shape index (κ3) is 2.79. The van der Waals surface area contributed by atoms with Crippen LogP contribution in [0.2, 0.25) is 0 Å². The molecule has 1 aliphatic carbocycles. The second-order valence-corrected chi connectivity index (χ2v) is 5.30. The molecule has 2 aromatic rings. The van der Waals surface area contributed by atoms with E-state index in [0.717, 1.165) is 19.3 Å². The van der Waals surface area contributed by atoms with E-state index in [-0.39, 0.29) is 11.7 Å². The monoisotopic (exact) mass is 290 g/mol. The van der Waals surface area contributed by atoms with Crippen LogP contribution in [0.4, 0.5) is 4.39 Å². The predicted octanol–water partition coefficient (Wildman–Crippen LogP) is 3.23. The molecule has 1 saturated carbocycles. The fourth-order valence-electron chi connectivity index (χ4n) is 2.82. The van der Waals surface area contributed by atoms with Crippen LogP contribution >= 0.6 is 0 Å². The number of hydrogen-bond donors (Lipinski definition) is 1. The van der Waals surface area contributed by atoms with Crippen LogP contribution in [0.3, 0.4) is 0 Å². The first-order valence-electron chi connectivity index (χ1n) is 6.97. The van der Waals surface area contributed by atoms with Gasteiger partial charge in [-0.05, 0) is 37.1 Å². The number of rotatable bonds is 3. The summed E-state index contributed by atoms with van der Waals surface area (Å²) in [5.41, 5.74) is 0.647. The summed E-state index contributed by atoms with van der Waals surface area (Å²) in [6.45, 7) is 0. The van der Waals surface area contributed by atoms with Crippen LogP contribution in [-0.4, -0.2) is 21.2 Å². The van der Waals surface area contributed by atoms with E-state index in [1.807, 2.05) is 0 Å². The topological polar surface area (TPSA) is 76.2 Å². The largest absolute Gasteiger partial charge is 0.481 e. The second-order valence-electron chi connectivity index (χ2n) is 5.30. The Labute approximate surface area is 120 Å². The first-order valence-corrected chi connectivity index (χ1v) is 6.97. The van der Waals surface area contributed by atoms with Gasteiger partial charge in [0.15, 0.2) is 0 Å². The predicted molar refractivity (Wildman–Crippen MR) is 72.0 cm³/mol. The summed E-state index contributed by atoms with van der Waals surface area (Å²) in [7, 11) is 0. The summed E-state index contributed by atoms with van der Waals surface area (Å²) in [5.74, 6) is -1.14. The molecule has 0 aliphatic heterocycles. The maximum absolute atomic E-state index is 12.9. The quantitative estimate of drug-likeness (QED) is 0.939. The van der Waals surface area contributed by atoms with E-state index in [2.05, 4.69) is 10.1 Å². The molecule has 2 atom stereocenters. The lowest BCUT2D eigenvalue weighted by atomic mass is 9.79. The molecule has 0 amide bonds. The molecule has 1 fully saturated rings. The van der Waals surface area contributed by atoms with Crippen LogP contribution in [-0.2, 0) is 4.79 Å². The lowest BCUT2D eigenvalue weighted by Crippen LogP contribution is -2.25. The summed E-state index contributed by atoms with van der Waals surface area (Å²) < 4.78 is 18.2. The van der Waals surface area contributed by atoms with Gasteiger partial charge in [0.1, 0.15) is 5.82 Å². The highest BCUT2D eigenvalue weighted by Gasteiger charge is 2.35. The summed E-state index contributed by atoms with van der Waals surface area (Å²) in [5, 5.41) is 13.2. The molecule has 0 radical (unpaired) electrons. The molecule has 6 heteroatoms. The van der Waals surface area contributed by atoms with Crippen molar-refractivity contribution in [2.45, 2.75) is 31.6 Å². The maximum atomic E-state index is 12.9. The number of halogens is 1. The van der Waals surface area contributed by atoms with E-state index in [1.165, 1.54) is 12.1 Å². The van der Waals surface area contributed by atoms with Crippen LogP contribution < -0.4 is 0 Å². The molecule has 0 spiro atoms. The van der Waals surface area contributed by atoms with Crippen molar-refractivity contribution in [3.63, 3.8) is 0 Å². The van der Waals surface area contributed by atoms with Crippen molar-refractivity contribution in [2.75, 3.05) is 0 Å². The molecule has 0 saturated heterocycles. The minimum Gasteiger partial charge on any atom is -0.481 e. The average Bonchev–Trinajstić information content (AvgIpc) is 2.97. The van der Waals surface area contributed by atoms with Crippen LogP contribution in [0.25, 0.3) is 11.4 Å². The van der Waals surface area contributed by atoms with Crippen molar-refractivity contribution in [1.29, 1.82) is 0 Å². The van der Waals surface area contributed by atoms with Gasteiger partial charge in [-0.15, -0.1) is 0 Å². The summed E-state index contributed by atoms with van der Waals surface area (Å²) >= 11 is 0. The molecule has 1 aromatic carbocycles. The minimum atomic E-state index is -0.818. The zero-order valence-corrected chi connectivity index (χ0v) is 11.3. The van der Waals surface area contributed by atoms with Crippen molar-refractivity contribution < 1.29 is 18.8 Å². The molecule has 1 N–H and O–H groups in total. The van der Waals surface area contributed by atoms with Crippen molar-refractivity contribution in [2.24, 2.45) is 5.92 Å². The van der Waals surface area contributed by atoms with Crippen molar-refractivity contribution in [1.82, 2.24) is 10.1 Å². The molecule has 2 unspecified atom stereocenters. The van der Waals surface area contributed by atoms with Gasteiger partial charge >= 0.3 is 5.97 Å². The minimum absolute atomic E-state index is 0.238. The van der Waals surface area contributed by atoms with Gasteiger partial charge in [-0.25, -0.2) is 4.39 Å². The second kappa shape index (κ2) is 5.63. The van der Waals surface area contributed by atoms with Gasteiger partial charge in [-0.1, -0.05) is 18.0 Å². The number of carboxylic acids is 1. The van der Waals surface area contributed by atoms with Gasteiger partial charge in [-0.2, -0.15) is 4.98 Å². The fraction of sp³-hybridized carbons (Fsp3) is 0.400. The van der Waals surface area contributed by atoms with Crippen molar-refractivity contribution in [3.8, 4) is 11.4 Å². The molecule has 1 heterocycles. The number of aliphatic carboxylic acids is 1. The lowest BCUT2D eigenvalue weighted by molar-refractivity contribution is -0.143. The Morgan fingerprint density at radius 1 is 1.24 bits per heavy atom. The van der Waals surface area contributed by atoms with E-state index in [1.54, 1.807) is 12.1 Å². The van der Waals surface area contributed by atoms with E-state index < -0.39 is 11.9 Å². The molecule has 3 rings (SSSR count). The zero-order valence-electron chi connectivity index (χ0n) is 11.3. The molecule has 5 nitrogen and oxygen atoms in total. The normalized spacial score (nSPS) is 22.1. The number of nitrogens with zero attached hydrogens (tertiary/aromatic N) is 2. The highest BCUT2D eigenvalue weighted by atomic mass is 19.1. The molecular formula is C15H15FN2O3. The van der Waals surface area contributed by atoms with Crippen LogP contribution in [0.5, 0.6) is 0 Å². The molecule has 110 valence electrons. The number of carboxylic acid groups (broad SMARTS) is 1. The van der Waals surface area contributed by atoms with Crippen LogP contribution in [0.15, 0.2) is 28.8 Å². The third-order valence-electron chi connectivity index (χ3n) is 3.94. The van der Waals surface area contributed by atoms with Crippen LogP contribution in [0.1, 0.15) is 37.5 Å². The van der Waals surface area contributed by atoms with Crippen LogP contribution in [0, 0.1) is 11.7 Å². The highest BCUT2D eigenvalue weighted by Crippen LogP contribution is 2.37. The summed E-state index contributed by atoms with van der Waals surface area (Å²) in [6, 6.07) is 5.79. The smallest absolute Gasteiger partial charge is 0.307 e. The van der Waals surface area contributed by atoms with E-state index in [0.29, 0.717) is 23.7 Å². The Kier molecular flexibility index (Phi) is 3.68. The summed E-state index contributed by atoms with van der Waals surface area (Å²) in [6.07, 6.45) is 3.24. The molecule has 1 aromatic heterocycles.